The predicted octanol–water partition coefficient (Wildman–Crippen LogP) is -6.08. The van der Waals surface area contributed by atoms with E-state index in [9.17, 15) is 56.3 Å². The van der Waals surface area contributed by atoms with Crippen LogP contribution in [0.3, 0.4) is 0 Å². The molecule has 8 unspecified atom stereocenters. The van der Waals surface area contributed by atoms with E-state index in [2.05, 4.69) is 13.1 Å². The molecule has 8 atom stereocenters. The molecule has 16 nitrogen and oxygen atoms in total. The lowest BCUT2D eigenvalue weighted by Crippen LogP contribution is -2.59. The summed E-state index contributed by atoms with van der Waals surface area (Å²) in [4.78, 5) is 10.4. The van der Waals surface area contributed by atoms with Gasteiger partial charge < -0.3 is 48.9 Å². The zero-order valence-electron chi connectivity index (χ0n) is 15.7. The Morgan fingerprint density at radius 2 is 1.52 bits per heavy atom. The van der Waals surface area contributed by atoms with Crippen LogP contribution in [-0.4, -0.2) is 115 Å². The summed E-state index contributed by atoms with van der Waals surface area (Å²) < 4.78 is 78.4. The molecule has 0 aromatic carbocycles. The summed E-state index contributed by atoms with van der Waals surface area (Å²) in [6, 6.07) is 0. The first-order valence-electron chi connectivity index (χ1n) is 8.44. The lowest BCUT2D eigenvalue weighted by Gasteiger charge is -2.37. The maximum absolute atomic E-state index is 10.4. The summed E-state index contributed by atoms with van der Waals surface area (Å²) in [5.74, 6) is -2.02. The van der Waals surface area contributed by atoms with Gasteiger partial charge >= 0.3 is 0 Å². The highest BCUT2D eigenvalue weighted by Gasteiger charge is 2.40. The van der Waals surface area contributed by atoms with E-state index in [-0.39, 0.29) is 12.5 Å². The molecule has 0 aliphatic carbocycles. The lowest BCUT2D eigenvalue weighted by molar-refractivity contribution is -0.327. The molecule has 2 heterocycles. The van der Waals surface area contributed by atoms with E-state index in [0.717, 1.165) is 0 Å². The van der Waals surface area contributed by atoms with Crippen LogP contribution in [0.4, 0.5) is 0 Å². The minimum absolute atomic E-state index is 0.172. The van der Waals surface area contributed by atoms with Crippen LogP contribution in [0.1, 0.15) is 6.92 Å². The second kappa shape index (κ2) is 11.2. The van der Waals surface area contributed by atoms with Gasteiger partial charge in [-0.15, -0.1) is 0 Å². The van der Waals surface area contributed by atoms with Crippen molar-refractivity contribution < 1.29 is 74.1 Å². The number of carbonyl (C=O) groups is 1. The van der Waals surface area contributed by atoms with Gasteiger partial charge in [0.1, 0.15) is 36.6 Å². The molecule has 4 N–H and O–H groups in total. The fourth-order valence-corrected chi connectivity index (χ4v) is 3.34. The first-order chi connectivity index (χ1) is 14.0. The quantitative estimate of drug-likeness (QED) is 0.196. The number of rotatable bonds is 6. The lowest BCUT2D eigenvalue weighted by atomic mass is 9.94. The van der Waals surface area contributed by atoms with Crippen molar-refractivity contribution in [2.75, 3.05) is 19.8 Å². The first kappa shape index (κ1) is 28.0. The van der Waals surface area contributed by atoms with Crippen LogP contribution >= 0.6 is 0 Å². The van der Waals surface area contributed by atoms with E-state index < -0.39 is 82.7 Å². The zero-order chi connectivity index (χ0) is 24.1. The number of carbonyl (C=O) groups excluding carboxylic acids is 1. The molecule has 0 bridgehead atoms. The summed E-state index contributed by atoms with van der Waals surface area (Å²) in [7, 11) is -9.88. The summed E-state index contributed by atoms with van der Waals surface area (Å²) >= 11 is 0. The van der Waals surface area contributed by atoms with E-state index in [0.29, 0.717) is 0 Å². The second-order valence-electron chi connectivity index (χ2n) is 6.62. The molecule has 0 aromatic rings. The molecule has 0 aromatic heterocycles. The van der Waals surface area contributed by atoms with Gasteiger partial charge in [-0.1, -0.05) is 6.92 Å². The Morgan fingerprint density at radius 3 is 2.00 bits per heavy atom. The monoisotopic (exact) mass is 497 g/mol. The Bertz CT molecular complexity index is 796. The van der Waals surface area contributed by atoms with E-state index in [1.165, 1.54) is 0 Å². The van der Waals surface area contributed by atoms with E-state index in [4.69, 9.17) is 4.74 Å². The molecule has 0 saturated carbocycles. The third kappa shape index (κ3) is 9.16. The Labute approximate surface area is 176 Å². The molecule has 184 valence electrons. The Balaban J connectivity index is 0.000000311. The van der Waals surface area contributed by atoms with Crippen LogP contribution < -0.4 is 5.11 Å². The fourth-order valence-electron chi connectivity index (χ4n) is 2.56. The number of aliphatic carboxylic acids is 1. The van der Waals surface area contributed by atoms with Crippen molar-refractivity contribution in [3.05, 3.63) is 0 Å². The number of ether oxygens (including phenoxy) is 2. The largest absolute Gasteiger partial charge is 0.726 e. The predicted molar refractivity (Wildman–Crippen MR) is 87.9 cm³/mol. The number of carboxylic acids is 1. The molecule has 31 heavy (non-hydrogen) atoms. The van der Waals surface area contributed by atoms with Gasteiger partial charge in [0.25, 0.3) is 0 Å². The van der Waals surface area contributed by atoms with Gasteiger partial charge in [-0.3, -0.25) is 8.37 Å². The molecule has 0 spiro atoms. The zero-order valence-corrected chi connectivity index (χ0v) is 17.4. The Kier molecular flexibility index (Phi) is 10.1. The van der Waals surface area contributed by atoms with E-state index in [1.807, 2.05) is 0 Å². The average molecular weight is 497 g/mol. The normalized spacial score (nSPS) is 36.9. The SMILES string of the molecule is CC1COC(COS(=O)(=O)[O-])C(O)C1O.O=C([O-])C1OCC(OS(=O)(=O)[O-])C(O)C1O. The van der Waals surface area contributed by atoms with Crippen LogP contribution in [0.5, 0.6) is 0 Å². The molecule has 18 heteroatoms. The molecule has 0 radical (unpaired) electrons. The minimum atomic E-state index is -5.08. The third-order valence-electron chi connectivity index (χ3n) is 4.22. The fraction of sp³-hybridized carbons (Fsp3) is 0.923. The van der Waals surface area contributed by atoms with Gasteiger partial charge in [-0.05, 0) is 0 Å². The molecular weight excluding hydrogens is 476 g/mol. The highest BCUT2D eigenvalue weighted by atomic mass is 32.3. The van der Waals surface area contributed by atoms with Crippen molar-refractivity contribution in [1.82, 2.24) is 0 Å². The summed E-state index contributed by atoms with van der Waals surface area (Å²) in [5.41, 5.74) is 0. The molecule has 2 aliphatic rings. The maximum Gasteiger partial charge on any atom is 0.218 e. The number of hydrogen-bond acceptors (Lipinski definition) is 16. The van der Waals surface area contributed by atoms with Gasteiger partial charge in [0.15, 0.2) is 0 Å². The Hall–Kier alpha value is -1.03. The minimum Gasteiger partial charge on any atom is -0.726 e. The standard InChI is InChI=1S/C7H14O7S.C6H10O9S/c1-4-2-13-5(7(9)6(4)8)3-14-15(10,11)12;7-3-2(15-16(11,12)13)1-14-5(4(3)8)6(9)10/h4-9H,2-3H2,1H3,(H,10,11,12);2-5,7-8H,1H2,(H,9,10)(H,11,12,13)/p-3. The molecular formula is C13H21O16S2-3. The van der Waals surface area contributed by atoms with Gasteiger partial charge in [0.05, 0.1) is 31.9 Å². The number of aliphatic hydroxyl groups excluding tert-OH is 4. The highest BCUT2D eigenvalue weighted by Crippen LogP contribution is 2.20. The van der Waals surface area contributed by atoms with Crippen LogP contribution in [0.2, 0.25) is 0 Å². The number of carboxylic acid groups (broad SMARTS) is 1. The highest BCUT2D eigenvalue weighted by molar-refractivity contribution is 7.81. The smallest absolute Gasteiger partial charge is 0.218 e. The van der Waals surface area contributed by atoms with Crippen molar-refractivity contribution in [1.29, 1.82) is 0 Å². The molecule has 0 amide bonds. The molecule has 2 aliphatic heterocycles. The van der Waals surface area contributed by atoms with Gasteiger partial charge in [0.2, 0.25) is 20.8 Å². The van der Waals surface area contributed by atoms with Crippen LogP contribution in [-0.2, 0) is 43.4 Å². The number of hydrogen-bond donors (Lipinski definition) is 4. The van der Waals surface area contributed by atoms with Crippen LogP contribution in [0, 0.1) is 5.92 Å². The van der Waals surface area contributed by atoms with Crippen molar-refractivity contribution in [3.8, 4) is 0 Å². The first-order valence-corrected chi connectivity index (χ1v) is 11.1. The molecule has 2 rings (SSSR count). The average Bonchev–Trinajstić information content (AvgIpc) is 2.61. The third-order valence-corrected chi connectivity index (χ3v) is 5.13. The summed E-state index contributed by atoms with van der Waals surface area (Å²) in [5, 5.41) is 47.7. The van der Waals surface area contributed by atoms with E-state index in [1.54, 1.807) is 6.92 Å². The van der Waals surface area contributed by atoms with Crippen molar-refractivity contribution >= 4 is 26.8 Å². The number of aliphatic hydroxyl groups is 4. The topological polar surface area (TPSA) is 272 Å². The second-order valence-corrected chi connectivity index (χ2v) is 8.68. The van der Waals surface area contributed by atoms with Gasteiger partial charge in [-0.25, -0.2) is 16.8 Å². The van der Waals surface area contributed by atoms with Gasteiger partial charge in [-0.2, -0.15) is 0 Å². The van der Waals surface area contributed by atoms with Crippen LogP contribution in [0.25, 0.3) is 0 Å². The summed E-state index contributed by atoms with van der Waals surface area (Å²) in [6.07, 6.45) is -10.5. The Morgan fingerprint density at radius 1 is 0.935 bits per heavy atom. The summed E-state index contributed by atoms with van der Waals surface area (Å²) in [6.45, 7) is 0.593. The maximum atomic E-state index is 10.4. The van der Waals surface area contributed by atoms with Crippen molar-refractivity contribution in [2.24, 2.45) is 5.92 Å². The van der Waals surface area contributed by atoms with E-state index >= 15 is 0 Å². The van der Waals surface area contributed by atoms with Crippen molar-refractivity contribution in [3.63, 3.8) is 0 Å². The van der Waals surface area contributed by atoms with Crippen LogP contribution in [0.15, 0.2) is 0 Å². The molecule has 2 saturated heterocycles. The van der Waals surface area contributed by atoms with Crippen molar-refractivity contribution in [2.45, 2.75) is 49.7 Å². The van der Waals surface area contributed by atoms with Gasteiger partial charge in [0, 0.05) is 5.92 Å². The molecule has 2 fully saturated rings.